The molecule has 2 aromatic carbocycles. The Morgan fingerprint density at radius 3 is 2.38 bits per heavy atom. The molecule has 2 N–H and O–H groups in total. The maximum atomic E-state index is 12.3. The quantitative estimate of drug-likeness (QED) is 0.666. The average molecular weight is 320 g/mol. The van der Waals surface area contributed by atoms with Crippen LogP contribution < -0.4 is 5.32 Å². The molecule has 0 unspecified atom stereocenters. The number of carbonyl (C=O) groups is 2. The lowest BCUT2D eigenvalue weighted by Gasteiger charge is -2.08. The van der Waals surface area contributed by atoms with E-state index < -0.39 is 11.9 Å². The van der Waals surface area contributed by atoms with E-state index in [0.717, 1.165) is 11.1 Å². The molecule has 0 aliphatic carbocycles. The Balaban J connectivity index is 2.24. The van der Waals surface area contributed by atoms with Crippen molar-refractivity contribution in [3.8, 4) is 6.07 Å². The highest BCUT2D eigenvalue weighted by Gasteiger charge is 2.11. The van der Waals surface area contributed by atoms with Crippen LogP contribution in [0, 0.1) is 25.2 Å². The second-order valence-electron chi connectivity index (χ2n) is 5.37. The number of rotatable bonds is 4. The number of aryl methyl sites for hydroxylation is 2. The maximum Gasteiger partial charge on any atom is 0.335 e. The van der Waals surface area contributed by atoms with Gasteiger partial charge in [0.2, 0.25) is 0 Å². The topological polar surface area (TPSA) is 90.2 Å². The van der Waals surface area contributed by atoms with Gasteiger partial charge in [-0.15, -0.1) is 0 Å². The Bertz CT molecular complexity index is 859. The van der Waals surface area contributed by atoms with Crippen molar-refractivity contribution in [1.29, 1.82) is 5.26 Å². The Hall–Kier alpha value is -3.39. The highest BCUT2D eigenvalue weighted by atomic mass is 16.4. The third-order valence-electron chi connectivity index (χ3n) is 3.47. The highest BCUT2D eigenvalue weighted by molar-refractivity contribution is 6.10. The van der Waals surface area contributed by atoms with Crippen molar-refractivity contribution in [2.75, 3.05) is 5.32 Å². The second-order valence-corrected chi connectivity index (χ2v) is 5.37. The maximum absolute atomic E-state index is 12.3. The summed E-state index contributed by atoms with van der Waals surface area (Å²) in [5.41, 5.74) is 3.22. The number of carboxylic acids is 1. The Kier molecular flexibility index (Phi) is 5.13. The molecule has 0 fully saturated rings. The molecule has 0 aromatic heterocycles. The summed E-state index contributed by atoms with van der Waals surface area (Å²) in [6.07, 6.45) is 1.42. The fraction of sp³-hybridized carbons (Fsp3) is 0.105. The lowest BCUT2D eigenvalue weighted by Crippen LogP contribution is -2.14. The number of carboxylic acid groups (broad SMARTS) is 1. The van der Waals surface area contributed by atoms with Crippen molar-refractivity contribution in [2.24, 2.45) is 0 Å². The first-order valence-electron chi connectivity index (χ1n) is 7.24. The van der Waals surface area contributed by atoms with E-state index >= 15 is 0 Å². The van der Waals surface area contributed by atoms with E-state index in [0.29, 0.717) is 11.3 Å². The zero-order chi connectivity index (χ0) is 17.7. The van der Waals surface area contributed by atoms with Gasteiger partial charge >= 0.3 is 5.97 Å². The summed E-state index contributed by atoms with van der Waals surface area (Å²) >= 11 is 0. The summed E-state index contributed by atoms with van der Waals surface area (Å²) in [5, 5.41) is 20.8. The van der Waals surface area contributed by atoms with Crippen LogP contribution in [0.25, 0.3) is 6.08 Å². The van der Waals surface area contributed by atoms with Crippen LogP contribution in [0.2, 0.25) is 0 Å². The number of nitrogens with one attached hydrogen (secondary N) is 1. The van der Waals surface area contributed by atoms with Crippen LogP contribution in [-0.4, -0.2) is 17.0 Å². The highest BCUT2D eigenvalue weighted by Crippen LogP contribution is 2.18. The van der Waals surface area contributed by atoms with Gasteiger partial charge in [0.1, 0.15) is 11.6 Å². The number of nitriles is 1. The van der Waals surface area contributed by atoms with Gasteiger partial charge in [-0.3, -0.25) is 4.79 Å². The third kappa shape index (κ3) is 4.08. The van der Waals surface area contributed by atoms with Crippen molar-refractivity contribution >= 4 is 23.6 Å². The van der Waals surface area contributed by atoms with Crippen molar-refractivity contribution in [1.82, 2.24) is 0 Å². The average Bonchev–Trinajstić information content (AvgIpc) is 2.56. The Labute approximate surface area is 139 Å². The lowest BCUT2D eigenvalue weighted by atomic mass is 10.1. The third-order valence-corrected chi connectivity index (χ3v) is 3.47. The SMILES string of the molecule is Cc1ccc(C)c(NC(=O)/C(C#N)=C/c2ccc(C(=O)O)cc2)c1. The Morgan fingerprint density at radius 1 is 1.12 bits per heavy atom. The molecule has 0 bridgehead atoms. The predicted octanol–water partition coefficient (Wildman–Crippen LogP) is 3.55. The summed E-state index contributed by atoms with van der Waals surface area (Å²) in [7, 11) is 0. The van der Waals surface area contributed by atoms with Crippen molar-refractivity contribution in [2.45, 2.75) is 13.8 Å². The summed E-state index contributed by atoms with van der Waals surface area (Å²) in [5.74, 6) is -1.53. The zero-order valence-corrected chi connectivity index (χ0v) is 13.3. The summed E-state index contributed by atoms with van der Waals surface area (Å²) < 4.78 is 0. The molecule has 2 rings (SSSR count). The molecule has 0 aliphatic heterocycles. The largest absolute Gasteiger partial charge is 0.478 e. The minimum absolute atomic E-state index is 0.0565. The number of benzene rings is 2. The fourth-order valence-electron chi connectivity index (χ4n) is 2.10. The number of carbonyl (C=O) groups excluding carboxylic acids is 1. The molecule has 24 heavy (non-hydrogen) atoms. The second kappa shape index (κ2) is 7.25. The van der Waals surface area contributed by atoms with Gasteiger partial charge in [0, 0.05) is 5.69 Å². The van der Waals surface area contributed by atoms with Gasteiger partial charge in [-0.1, -0.05) is 24.3 Å². The molecule has 0 aliphatic rings. The van der Waals surface area contributed by atoms with E-state index in [1.54, 1.807) is 12.1 Å². The van der Waals surface area contributed by atoms with Crippen LogP contribution in [0.15, 0.2) is 48.0 Å². The van der Waals surface area contributed by atoms with Gasteiger partial charge in [-0.05, 0) is 54.8 Å². The molecule has 0 atom stereocenters. The molecule has 120 valence electrons. The van der Waals surface area contributed by atoms with E-state index in [4.69, 9.17) is 5.11 Å². The monoisotopic (exact) mass is 320 g/mol. The van der Waals surface area contributed by atoms with Crippen molar-refractivity contribution in [3.05, 3.63) is 70.3 Å². The molecule has 0 saturated carbocycles. The van der Waals surface area contributed by atoms with E-state index in [-0.39, 0.29) is 11.1 Å². The standard InChI is InChI=1S/C19H16N2O3/c1-12-3-4-13(2)17(9-12)21-18(22)16(11-20)10-14-5-7-15(8-6-14)19(23)24/h3-10H,1-2H3,(H,21,22)(H,23,24)/b16-10+. The van der Waals surface area contributed by atoms with Crippen LogP contribution in [0.5, 0.6) is 0 Å². The lowest BCUT2D eigenvalue weighted by molar-refractivity contribution is -0.112. The van der Waals surface area contributed by atoms with Crippen LogP contribution in [-0.2, 0) is 4.79 Å². The normalized spacial score (nSPS) is 10.8. The van der Waals surface area contributed by atoms with E-state index in [1.807, 2.05) is 38.1 Å². The van der Waals surface area contributed by atoms with Crippen molar-refractivity contribution in [3.63, 3.8) is 0 Å². The molecule has 0 radical (unpaired) electrons. The first-order chi connectivity index (χ1) is 11.4. The first kappa shape index (κ1) is 17.0. The minimum Gasteiger partial charge on any atom is -0.478 e. The number of hydrogen-bond acceptors (Lipinski definition) is 3. The van der Waals surface area contributed by atoms with Gasteiger partial charge in [0.25, 0.3) is 5.91 Å². The zero-order valence-electron chi connectivity index (χ0n) is 13.3. The number of hydrogen-bond donors (Lipinski definition) is 2. The summed E-state index contributed by atoms with van der Waals surface area (Å²) in [6, 6.07) is 13.5. The summed E-state index contributed by atoms with van der Waals surface area (Å²) in [6.45, 7) is 3.79. The van der Waals surface area contributed by atoms with Crippen LogP contribution in [0.1, 0.15) is 27.0 Å². The number of anilines is 1. The molecule has 0 heterocycles. The summed E-state index contributed by atoms with van der Waals surface area (Å²) in [4.78, 5) is 23.1. The number of amides is 1. The van der Waals surface area contributed by atoms with Gasteiger partial charge in [0.15, 0.2) is 0 Å². The van der Waals surface area contributed by atoms with E-state index in [9.17, 15) is 14.9 Å². The number of nitrogens with zero attached hydrogens (tertiary/aromatic N) is 1. The molecular weight excluding hydrogens is 304 g/mol. The minimum atomic E-state index is -1.03. The van der Waals surface area contributed by atoms with Crippen molar-refractivity contribution < 1.29 is 14.7 Å². The Morgan fingerprint density at radius 2 is 1.79 bits per heavy atom. The molecule has 5 nitrogen and oxygen atoms in total. The predicted molar refractivity (Wildman–Crippen MR) is 91.5 cm³/mol. The van der Waals surface area contributed by atoms with Crippen LogP contribution >= 0.6 is 0 Å². The van der Waals surface area contributed by atoms with Crippen LogP contribution in [0.4, 0.5) is 5.69 Å². The van der Waals surface area contributed by atoms with E-state index in [2.05, 4.69) is 5.32 Å². The molecular formula is C19H16N2O3. The molecule has 0 spiro atoms. The fourth-order valence-corrected chi connectivity index (χ4v) is 2.10. The molecule has 0 saturated heterocycles. The van der Waals surface area contributed by atoms with Gasteiger partial charge < -0.3 is 10.4 Å². The van der Waals surface area contributed by atoms with E-state index in [1.165, 1.54) is 18.2 Å². The van der Waals surface area contributed by atoms with Gasteiger partial charge in [0.05, 0.1) is 5.56 Å². The smallest absolute Gasteiger partial charge is 0.335 e. The first-order valence-corrected chi connectivity index (χ1v) is 7.24. The molecule has 5 heteroatoms. The molecule has 2 aromatic rings. The van der Waals surface area contributed by atoms with Gasteiger partial charge in [-0.25, -0.2) is 4.79 Å². The molecule has 1 amide bonds. The van der Waals surface area contributed by atoms with Crippen LogP contribution in [0.3, 0.4) is 0 Å². The van der Waals surface area contributed by atoms with Gasteiger partial charge in [-0.2, -0.15) is 5.26 Å². The number of aromatic carboxylic acids is 1.